The summed E-state index contributed by atoms with van der Waals surface area (Å²) >= 11 is 6.20. The summed E-state index contributed by atoms with van der Waals surface area (Å²) < 4.78 is 0.874. The van der Waals surface area contributed by atoms with Crippen molar-refractivity contribution in [3.63, 3.8) is 0 Å². The third-order valence-electron chi connectivity index (χ3n) is 2.46. The first kappa shape index (κ1) is 12.9. The van der Waals surface area contributed by atoms with Crippen molar-refractivity contribution >= 4 is 50.9 Å². The number of thioether (sulfide) groups is 1. The maximum Gasteiger partial charge on any atom is 0.327 e. The number of halogens is 1. The molecule has 1 aromatic rings. The molecule has 7 heteroatoms. The van der Waals surface area contributed by atoms with E-state index in [1.54, 1.807) is 23.9 Å². The highest BCUT2D eigenvalue weighted by Gasteiger charge is 2.33. The molecule has 17 heavy (non-hydrogen) atoms. The molecule has 0 radical (unpaired) electrons. The van der Waals surface area contributed by atoms with Crippen molar-refractivity contribution in [2.75, 3.05) is 18.1 Å². The van der Waals surface area contributed by atoms with E-state index in [0.717, 1.165) is 9.54 Å². The third-order valence-corrected chi connectivity index (χ3v) is 5.09. The van der Waals surface area contributed by atoms with Gasteiger partial charge in [0.25, 0.3) is 5.91 Å². The minimum absolute atomic E-state index is 0.187. The number of carbonyl (C=O) groups excluding carboxylic acids is 1. The summed E-state index contributed by atoms with van der Waals surface area (Å²) in [5.74, 6) is 0.143. The van der Waals surface area contributed by atoms with E-state index < -0.39 is 12.0 Å². The van der Waals surface area contributed by atoms with E-state index in [9.17, 15) is 9.59 Å². The first-order valence-corrected chi connectivity index (χ1v) is 7.73. The number of carboxylic acid groups (broad SMARTS) is 1. The predicted octanol–water partition coefficient (Wildman–Crippen LogP) is 2.15. The van der Waals surface area contributed by atoms with Gasteiger partial charge in [-0.3, -0.25) is 4.79 Å². The minimum atomic E-state index is -0.929. The van der Waals surface area contributed by atoms with Crippen LogP contribution >= 0.6 is 39.0 Å². The highest BCUT2D eigenvalue weighted by molar-refractivity contribution is 9.11. The van der Waals surface area contributed by atoms with Crippen LogP contribution in [-0.4, -0.2) is 46.0 Å². The molecular formula is C10H10BrNO3S2. The quantitative estimate of drug-likeness (QED) is 0.899. The summed E-state index contributed by atoms with van der Waals surface area (Å²) in [7, 11) is 0. The molecule has 2 heterocycles. The van der Waals surface area contributed by atoms with Crippen LogP contribution < -0.4 is 0 Å². The first-order valence-electron chi connectivity index (χ1n) is 4.96. The van der Waals surface area contributed by atoms with Gasteiger partial charge in [0, 0.05) is 18.1 Å². The lowest BCUT2D eigenvalue weighted by molar-refractivity contribution is -0.141. The number of hydrogen-bond donors (Lipinski definition) is 1. The van der Waals surface area contributed by atoms with Crippen LogP contribution in [-0.2, 0) is 4.79 Å². The summed E-state index contributed by atoms with van der Waals surface area (Å²) in [6.07, 6.45) is 0. The second-order valence-electron chi connectivity index (χ2n) is 3.53. The fraction of sp³-hybridized carbons (Fsp3) is 0.400. The molecule has 1 aromatic heterocycles. The fourth-order valence-corrected chi connectivity index (χ4v) is 4.00. The highest BCUT2D eigenvalue weighted by atomic mass is 79.9. The van der Waals surface area contributed by atoms with Crippen LogP contribution in [0, 0.1) is 0 Å². The Labute approximate surface area is 115 Å². The Hall–Kier alpha value is -0.530. The Morgan fingerprint density at radius 2 is 2.24 bits per heavy atom. The van der Waals surface area contributed by atoms with E-state index in [2.05, 4.69) is 15.9 Å². The van der Waals surface area contributed by atoms with Gasteiger partial charge in [0.05, 0.1) is 8.66 Å². The Morgan fingerprint density at radius 3 is 2.82 bits per heavy atom. The zero-order valence-corrected chi connectivity index (χ0v) is 12.0. The molecule has 1 atom stereocenters. The van der Waals surface area contributed by atoms with E-state index in [4.69, 9.17) is 5.11 Å². The molecule has 4 nitrogen and oxygen atoms in total. The topological polar surface area (TPSA) is 57.6 Å². The summed E-state index contributed by atoms with van der Waals surface area (Å²) in [4.78, 5) is 25.3. The van der Waals surface area contributed by atoms with Crippen molar-refractivity contribution in [2.45, 2.75) is 6.04 Å². The lowest BCUT2D eigenvalue weighted by Gasteiger charge is -2.32. The number of rotatable bonds is 2. The zero-order chi connectivity index (χ0) is 12.4. The number of hydrogen-bond acceptors (Lipinski definition) is 4. The van der Waals surface area contributed by atoms with Gasteiger partial charge in [0.15, 0.2) is 0 Å². The van der Waals surface area contributed by atoms with E-state index in [0.29, 0.717) is 17.2 Å². The van der Waals surface area contributed by atoms with Gasteiger partial charge in [-0.05, 0) is 28.1 Å². The van der Waals surface area contributed by atoms with Gasteiger partial charge in [-0.25, -0.2) is 4.79 Å². The standard InChI is InChI=1S/C10H10BrNO3S2/c11-8-2-1-7(17-8)9(13)12-3-4-16-5-6(12)10(14)15/h1-2,6H,3-5H2,(H,14,15). The second-order valence-corrected chi connectivity index (χ2v) is 7.14. The van der Waals surface area contributed by atoms with Gasteiger partial charge >= 0.3 is 5.97 Å². The molecule has 1 saturated heterocycles. The van der Waals surface area contributed by atoms with Crippen molar-refractivity contribution in [3.05, 3.63) is 20.8 Å². The molecule has 1 aliphatic rings. The number of carbonyl (C=O) groups is 2. The molecule has 1 N–H and O–H groups in total. The van der Waals surface area contributed by atoms with Crippen molar-refractivity contribution < 1.29 is 14.7 Å². The van der Waals surface area contributed by atoms with E-state index in [1.165, 1.54) is 16.2 Å². The number of carboxylic acids is 1. The van der Waals surface area contributed by atoms with Crippen LogP contribution in [0.1, 0.15) is 9.67 Å². The maximum absolute atomic E-state index is 12.2. The molecule has 1 fully saturated rings. The van der Waals surface area contributed by atoms with Gasteiger partial charge < -0.3 is 10.0 Å². The molecule has 0 aromatic carbocycles. The molecule has 92 valence electrons. The lowest BCUT2D eigenvalue weighted by Crippen LogP contribution is -2.50. The Kier molecular flexibility index (Phi) is 4.11. The van der Waals surface area contributed by atoms with E-state index >= 15 is 0 Å². The van der Waals surface area contributed by atoms with Crippen LogP contribution in [0.3, 0.4) is 0 Å². The smallest absolute Gasteiger partial charge is 0.327 e. The first-order chi connectivity index (χ1) is 8.09. The lowest BCUT2D eigenvalue weighted by atomic mass is 10.2. The third kappa shape index (κ3) is 2.83. The minimum Gasteiger partial charge on any atom is -0.480 e. The van der Waals surface area contributed by atoms with Crippen LogP contribution in [0.5, 0.6) is 0 Å². The van der Waals surface area contributed by atoms with Crippen LogP contribution in [0.2, 0.25) is 0 Å². The summed E-state index contributed by atoms with van der Waals surface area (Å²) in [5.41, 5.74) is 0. The van der Waals surface area contributed by atoms with Gasteiger partial charge in [-0.15, -0.1) is 11.3 Å². The number of amides is 1. The van der Waals surface area contributed by atoms with Gasteiger partial charge in [-0.1, -0.05) is 0 Å². The van der Waals surface area contributed by atoms with E-state index in [1.807, 2.05) is 0 Å². The van der Waals surface area contributed by atoms with E-state index in [-0.39, 0.29) is 5.91 Å². The predicted molar refractivity (Wildman–Crippen MR) is 71.8 cm³/mol. The van der Waals surface area contributed by atoms with Crippen molar-refractivity contribution in [1.82, 2.24) is 4.90 Å². The number of aliphatic carboxylic acids is 1. The molecule has 1 amide bonds. The summed E-state index contributed by atoms with van der Waals surface area (Å²) in [5, 5.41) is 9.10. The molecule has 1 aliphatic heterocycles. The maximum atomic E-state index is 12.2. The normalized spacial score (nSPS) is 20.3. The molecular weight excluding hydrogens is 326 g/mol. The fourth-order valence-electron chi connectivity index (χ4n) is 1.62. The van der Waals surface area contributed by atoms with Gasteiger partial charge in [-0.2, -0.15) is 11.8 Å². The van der Waals surface area contributed by atoms with Crippen molar-refractivity contribution in [1.29, 1.82) is 0 Å². The molecule has 2 rings (SSSR count). The highest BCUT2D eigenvalue weighted by Crippen LogP contribution is 2.26. The van der Waals surface area contributed by atoms with Crippen LogP contribution in [0.4, 0.5) is 0 Å². The SMILES string of the molecule is O=C(O)C1CSCCN1C(=O)c1ccc(Br)s1. The number of thiophene rings is 1. The molecule has 0 spiro atoms. The van der Waals surface area contributed by atoms with Gasteiger partial charge in [0.1, 0.15) is 6.04 Å². The average molecular weight is 336 g/mol. The van der Waals surface area contributed by atoms with Gasteiger partial charge in [0.2, 0.25) is 0 Å². The van der Waals surface area contributed by atoms with Crippen molar-refractivity contribution in [3.8, 4) is 0 Å². The summed E-state index contributed by atoms with van der Waals surface area (Å²) in [6.45, 7) is 0.496. The number of nitrogens with zero attached hydrogens (tertiary/aromatic N) is 1. The molecule has 0 aliphatic carbocycles. The largest absolute Gasteiger partial charge is 0.480 e. The van der Waals surface area contributed by atoms with Crippen LogP contribution in [0.15, 0.2) is 15.9 Å². The van der Waals surface area contributed by atoms with Crippen LogP contribution in [0.25, 0.3) is 0 Å². The Morgan fingerprint density at radius 1 is 1.47 bits per heavy atom. The average Bonchev–Trinajstić information content (AvgIpc) is 2.75. The molecule has 0 bridgehead atoms. The second kappa shape index (κ2) is 5.41. The molecule has 1 unspecified atom stereocenters. The Balaban J connectivity index is 2.19. The zero-order valence-electron chi connectivity index (χ0n) is 8.76. The molecule has 0 saturated carbocycles. The Bertz CT molecular complexity index is 449. The van der Waals surface area contributed by atoms with Crippen molar-refractivity contribution in [2.24, 2.45) is 0 Å². The monoisotopic (exact) mass is 335 g/mol. The summed E-state index contributed by atoms with van der Waals surface area (Å²) in [6, 6.07) is 2.81.